The molecule has 0 bridgehead atoms. The van der Waals surface area contributed by atoms with E-state index in [4.69, 9.17) is 10.5 Å². The lowest BCUT2D eigenvalue weighted by Gasteiger charge is -2.24. The lowest BCUT2D eigenvalue weighted by atomic mass is 9.96. The quantitative estimate of drug-likeness (QED) is 0.813. The van der Waals surface area contributed by atoms with E-state index in [0.717, 1.165) is 63.5 Å². The lowest BCUT2D eigenvalue weighted by Crippen LogP contribution is -2.33. The number of aryl methyl sites for hydroxylation is 1. The molecule has 0 spiro atoms. The van der Waals surface area contributed by atoms with Gasteiger partial charge >= 0.3 is 0 Å². The number of rotatable bonds is 2. The predicted molar refractivity (Wildman–Crippen MR) is 63.6 cm³/mol. The van der Waals surface area contributed by atoms with E-state index in [-0.39, 0.29) is 6.04 Å². The van der Waals surface area contributed by atoms with E-state index in [2.05, 4.69) is 14.8 Å². The van der Waals surface area contributed by atoms with Crippen molar-refractivity contribution in [2.75, 3.05) is 13.2 Å². The van der Waals surface area contributed by atoms with Crippen molar-refractivity contribution in [1.29, 1.82) is 0 Å². The number of hydrogen-bond acceptors (Lipinski definition) is 4. The van der Waals surface area contributed by atoms with Gasteiger partial charge in [0.25, 0.3) is 0 Å². The van der Waals surface area contributed by atoms with Gasteiger partial charge in [0.15, 0.2) is 0 Å². The Bertz CT molecular complexity index is 384. The summed E-state index contributed by atoms with van der Waals surface area (Å²) in [6, 6.07) is 0.270. The Kier molecular flexibility index (Phi) is 3.11. The van der Waals surface area contributed by atoms with E-state index < -0.39 is 0 Å². The Morgan fingerprint density at radius 1 is 1.24 bits per heavy atom. The first kappa shape index (κ1) is 11.2. The van der Waals surface area contributed by atoms with Crippen LogP contribution >= 0.6 is 0 Å². The summed E-state index contributed by atoms with van der Waals surface area (Å²) >= 11 is 0. The Labute approximate surface area is 101 Å². The minimum Gasteiger partial charge on any atom is -0.381 e. The maximum Gasteiger partial charge on any atom is 0.133 e. The Morgan fingerprint density at radius 3 is 2.88 bits per heavy atom. The van der Waals surface area contributed by atoms with Crippen LogP contribution in [-0.2, 0) is 24.1 Å². The molecule has 0 radical (unpaired) electrons. The van der Waals surface area contributed by atoms with E-state index in [1.54, 1.807) is 0 Å². The molecule has 0 amide bonds. The SMILES string of the molecule is NC1CCc2nnc(CC3CCOCC3)n2C1. The van der Waals surface area contributed by atoms with Crippen molar-refractivity contribution >= 4 is 0 Å². The lowest BCUT2D eigenvalue weighted by molar-refractivity contribution is 0.0656. The van der Waals surface area contributed by atoms with Gasteiger partial charge in [-0.1, -0.05) is 0 Å². The molecule has 1 aromatic rings. The first-order valence-corrected chi connectivity index (χ1v) is 6.57. The second-order valence-electron chi connectivity index (χ2n) is 5.20. The van der Waals surface area contributed by atoms with Crippen LogP contribution in [0.15, 0.2) is 0 Å². The fraction of sp³-hybridized carbons (Fsp3) is 0.833. The molecule has 1 saturated heterocycles. The molecule has 0 aromatic carbocycles. The van der Waals surface area contributed by atoms with E-state index in [0.29, 0.717) is 5.92 Å². The van der Waals surface area contributed by atoms with Gasteiger partial charge in [-0.25, -0.2) is 0 Å². The summed E-state index contributed by atoms with van der Waals surface area (Å²) in [7, 11) is 0. The summed E-state index contributed by atoms with van der Waals surface area (Å²) in [6.45, 7) is 2.68. The van der Waals surface area contributed by atoms with Gasteiger partial charge in [0.05, 0.1) is 0 Å². The van der Waals surface area contributed by atoms with Crippen LogP contribution in [0.1, 0.15) is 30.9 Å². The highest BCUT2D eigenvalue weighted by Crippen LogP contribution is 2.21. The van der Waals surface area contributed by atoms with Gasteiger partial charge in [0.2, 0.25) is 0 Å². The standard InChI is InChI=1S/C12H20N4O/c13-10-1-2-11-14-15-12(16(11)8-10)7-9-3-5-17-6-4-9/h9-10H,1-8,13H2. The Hall–Kier alpha value is -0.940. The average molecular weight is 236 g/mol. The molecule has 5 nitrogen and oxygen atoms in total. The molecular formula is C12H20N4O. The van der Waals surface area contributed by atoms with Crippen molar-refractivity contribution in [2.24, 2.45) is 11.7 Å². The maximum absolute atomic E-state index is 6.01. The summed E-state index contributed by atoms with van der Waals surface area (Å²) < 4.78 is 7.63. The van der Waals surface area contributed by atoms with Crippen molar-refractivity contribution in [2.45, 2.75) is 44.7 Å². The van der Waals surface area contributed by atoms with Crippen LogP contribution in [0.25, 0.3) is 0 Å². The van der Waals surface area contributed by atoms with Gasteiger partial charge in [-0.3, -0.25) is 0 Å². The van der Waals surface area contributed by atoms with Gasteiger partial charge < -0.3 is 15.0 Å². The Balaban J connectivity index is 1.72. The first-order valence-electron chi connectivity index (χ1n) is 6.57. The molecule has 0 saturated carbocycles. The second-order valence-corrected chi connectivity index (χ2v) is 5.20. The van der Waals surface area contributed by atoms with Gasteiger partial charge in [-0.15, -0.1) is 10.2 Å². The molecule has 3 heterocycles. The number of ether oxygens (including phenoxy) is 1. The third kappa shape index (κ3) is 2.35. The van der Waals surface area contributed by atoms with Gasteiger partial charge in [0, 0.05) is 38.6 Å². The second kappa shape index (κ2) is 4.74. The number of hydrogen-bond donors (Lipinski definition) is 1. The molecule has 2 aliphatic heterocycles. The van der Waals surface area contributed by atoms with Crippen molar-refractivity contribution in [3.05, 3.63) is 11.6 Å². The molecule has 94 valence electrons. The fourth-order valence-corrected chi connectivity index (χ4v) is 2.77. The molecule has 2 N–H and O–H groups in total. The number of nitrogens with zero attached hydrogens (tertiary/aromatic N) is 3. The molecule has 1 atom stereocenters. The Morgan fingerprint density at radius 2 is 2.06 bits per heavy atom. The molecule has 17 heavy (non-hydrogen) atoms. The molecule has 2 aliphatic rings. The van der Waals surface area contributed by atoms with Crippen LogP contribution in [0.2, 0.25) is 0 Å². The van der Waals surface area contributed by atoms with E-state index in [1.807, 2.05) is 0 Å². The topological polar surface area (TPSA) is 66.0 Å². The van der Waals surface area contributed by atoms with Crippen molar-refractivity contribution in [3.8, 4) is 0 Å². The van der Waals surface area contributed by atoms with Crippen LogP contribution in [0.4, 0.5) is 0 Å². The summed E-state index contributed by atoms with van der Waals surface area (Å²) in [4.78, 5) is 0. The van der Waals surface area contributed by atoms with E-state index in [1.165, 1.54) is 0 Å². The number of fused-ring (bicyclic) bond motifs is 1. The smallest absolute Gasteiger partial charge is 0.133 e. The summed E-state index contributed by atoms with van der Waals surface area (Å²) in [5.41, 5.74) is 6.01. The molecule has 1 fully saturated rings. The molecule has 0 aliphatic carbocycles. The van der Waals surface area contributed by atoms with E-state index >= 15 is 0 Å². The predicted octanol–water partition coefficient (Wildman–Crippen LogP) is 0.521. The van der Waals surface area contributed by atoms with Crippen LogP contribution in [0.5, 0.6) is 0 Å². The van der Waals surface area contributed by atoms with Crippen molar-refractivity contribution < 1.29 is 4.74 Å². The van der Waals surface area contributed by atoms with E-state index in [9.17, 15) is 0 Å². The summed E-state index contributed by atoms with van der Waals surface area (Å²) in [5, 5.41) is 8.63. The maximum atomic E-state index is 6.01. The van der Waals surface area contributed by atoms with Crippen LogP contribution < -0.4 is 5.73 Å². The van der Waals surface area contributed by atoms with Crippen LogP contribution in [0, 0.1) is 5.92 Å². The fourth-order valence-electron chi connectivity index (χ4n) is 2.77. The highest BCUT2D eigenvalue weighted by Gasteiger charge is 2.23. The summed E-state index contributed by atoms with van der Waals surface area (Å²) in [5.74, 6) is 2.95. The third-order valence-electron chi connectivity index (χ3n) is 3.87. The zero-order chi connectivity index (χ0) is 11.7. The minimum absolute atomic E-state index is 0.270. The zero-order valence-electron chi connectivity index (χ0n) is 10.1. The first-order chi connectivity index (χ1) is 8.33. The molecular weight excluding hydrogens is 216 g/mol. The van der Waals surface area contributed by atoms with Crippen molar-refractivity contribution in [3.63, 3.8) is 0 Å². The minimum atomic E-state index is 0.270. The highest BCUT2D eigenvalue weighted by atomic mass is 16.5. The van der Waals surface area contributed by atoms with Gasteiger partial charge in [-0.2, -0.15) is 0 Å². The normalized spacial score (nSPS) is 25.8. The van der Waals surface area contributed by atoms with Gasteiger partial charge in [0.1, 0.15) is 11.6 Å². The van der Waals surface area contributed by atoms with Gasteiger partial charge in [-0.05, 0) is 25.2 Å². The summed E-state index contributed by atoms with van der Waals surface area (Å²) in [6.07, 6.45) is 5.34. The molecule has 1 aromatic heterocycles. The zero-order valence-corrected chi connectivity index (χ0v) is 10.1. The largest absolute Gasteiger partial charge is 0.381 e. The third-order valence-corrected chi connectivity index (χ3v) is 3.87. The van der Waals surface area contributed by atoms with Crippen molar-refractivity contribution in [1.82, 2.24) is 14.8 Å². The van der Waals surface area contributed by atoms with Crippen LogP contribution in [0.3, 0.4) is 0 Å². The number of aromatic nitrogens is 3. The molecule has 1 unspecified atom stereocenters. The molecule has 5 heteroatoms. The highest BCUT2D eigenvalue weighted by molar-refractivity contribution is 5.02. The average Bonchev–Trinajstić information content (AvgIpc) is 2.73. The van der Waals surface area contributed by atoms with Crippen LogP contribution in [-0.4, -0.2) is 34.0 Å². The molecule has 3 rings (SSSR count). The monoisotopic (exact) mass is 236 g/mol. The number of nitrogens with two attached hydrogens (primary N) is 1.